The topological polar surface area (TPSA) is 275 Å². The quantitative estimate of drug-likeness (QED) is 0.0384. The van der Waals surface area contributed by atoms with E-state index in [1.54, 1.807) is 68.4 Å². The molecule has 0 saturated carbocycles. The smallest absolute Gasteiger partial charge is 0.343 e. The average Bonchev–Trinajstić information content (AvgIpc) is 3.36. The van der Waals surface area contributed by atoms with Crippen LogP contribution < -0.4 is 34.2 Å². The number of methoxy groups -OCH3 is 4. The number of hydrogen-bond acceptors (Lipinski definition) is 19. The molecule has 4 aromatic carbocycles. The Morgan fingerprint density at radius 1 is 0.542 bits per heavy atom. The first-order valence-corrected chi connectivity index (χ1v) is 26.8. The molecular weight excluding hydrogens is 1320 g/mol. The molecule has 0 aliphatic heterocycles. The van der Waals surface area contributed by atoms with Crippen molar-refractivity contribution in [3.8, 4) is 58.1 Å². The molecule has 4 aromatic rings. The molecule has 19 nitrogen and oxygen atoms in total. The second-order valence-corrected chi connectivity index (χ2v) is 16.4. The van der Waals surface area contributed by atoms with Crippen molar-refractivity contribution in [2.75, 3.05) is 74.0 Å². The van der Waals surface area contributed by atoms with Crippen molar-refractivity contribution in [2.24, 2.45) is 5.73 Å². The summed E-state index contributed by atoms with van der Waals surface area (Å²) in [5.41, 5.74) is 8.52. The highest BCUT2D eigenvalue weighted by Gasteiger charge is 2.13. The molecule has 0 bridgehead atoms. The van der Waals surface area contributed by atoms with E-state index < -0.39 is 23.9 Å². The number of phenolic OH excluding ortho intramolecular Hbond substituents is 2. The van der Waals surface area contributed by atoms with Gasteiger partial charge in [-0.1, -0.05) is 12.2 Å². The molecule has 0 aliphatic rings. The summed E-state index contributed by atoms with van der Waals surface area (Å²) in [6.45, 7) is 6.79. The predicted molar refractivity (Wildman–Crippen MR) is 289 cm³/mol. The van der Waals surface area contributed by atoms with E-state index in [0.29, 0.717) is 47.9 Å². The third kappa shape index (κ3) is 29.9. The summed E-state index contributed by atoms with van der Waals surface area (Å²) >= 11 is 24.9. The van der Waals surface area contributed by atoms with Gasteiger partial charge in [0.05, 0.1) is 47.9 Å². The Morgan fingerprint density at radius 2 is 0.875 bits per heavy atom. The molecule has 72 heavy (non-hydrogen) atoms. The van der Waals surface area contributed by atoms with E-state index in [-0.39, 0.29) is 62.0 Å². The number of rotatable bonds is 17. The van der Waals surface area contributed by atoms with E-state index in [4.69, 9.17) is 73.6 Å². The molecule has 0 spiro atoms. The van der Waals surface area contributed by atoms with Gasteiger partial charge < -0.3 is 63.3 Å². The zero-order valence-corrected chi connectivity index (χ0v) is 49.4. The number of nitriles is 2. The lowest BCUT2D eigenvalue weighted by atomic mass is 10.2. The van der Waals surface area contributed by atoms with Gasteiger partial charge in [0.1, 0.15) is 69.5 Å². The monoisotopic (exact) mass is 1360 g/mol. The van der Waals surface area contributed by atoms with Gasteiger partial charge in [0.15, 0.2) is 33.0 Å². The number of thiocarbonyl (C=S) groups is 1. The van der Waals surface area contributed by atoms with E-state index in [9.17, 15) is 24.3 Å². The number of nitrogens with zero attached hydrogens (tertiary/aromatic N) is 2. The summed E-state index contributed by atoms with van der Waals surface area (Å²) in [5.74, 6) is 2.02. The second-order valence-electron chi connectivity index (χ2n) is 13.1. The van der Waals surface area contributed by atoms with Crippen molar-refractivity contribution < 1.29 is 76.8 Å². The molecule has 0 radical (unpaired) electrons. The summed E-state index contributed by atoms with van der Waals surface area (Å²) < 4.78 is 51.4. The van der Waals surface area contributed by atoms with Gasteiger partial charge in [-0.05, 0) is 152 Å². The lowest BCUT2D eigenvalue weighted by molar-refractivity contribution is -0.143. The number of hydrogen-bond donors (Lipinski definition) is 3. The van der Waals surface area contributed by atoms with Gasteiger partial charge in [-0.2, -0.15) is 10.5 Å². The van der Waals surface area contributed by atoms with Crippen molar-refractivity contribution >= 4 is 129 Å². The van der Waals surface area contributed by atoms with Crippen LogP contribution in [0.2, 0.25) is 0 Å². The summed E-state index contributed by atoms with van der Waals surface area (Å²) in [7, 11) is 5.20. The van der Waals surface area contributed by atoms with Crippen LogP contribution in [0.3, 0.4) is 0 Å². The molecule has 0 aromatic heterocycles. The minimum absolute atomic E-state index is 0.0274. The first-order chi connectivity index (χ1) is 34.1. The SMILES string of the molecule is BrBr.COC(=O)COc1cc(Br)c(O)cc1C.COC(=O)COc1cc(Br)c(OCC#N)cc1C.COC(=O)COc1cc(Br)c(OCC(N)=S)cc1C.COC(=O)COc1ccc(O)cc1C.N#CCCl. The van der Waals surface area contributed by atoms with Crippen LogP contribution >= 0.6 is 99.9 Å². The van der Waals surface area contributed by atoms with Gasteiger partial charge in [-0.25, -0.2) is 19.2 Å². The first kappa shape index (κ1) is 68.8. The number of aryl methyl sites for hydroxylation is 4. The number of benzene rings is 4. The summed E-state index contributed by atoms with van der Waals surface area (Å²) in [6, 6.07) is 18.3. The summed E-state index contributed by atoms with van der Waals surface area (Å²) in [6.07, 6.45) is 0. The Balaban J connectivity index is 0. The van der Waals surface area contributed by atoms with Crippen LogP contribution in [0.15, 0.2) is 68.0 Å². The fraction of sp³-hybridized carbons (Fsp3) is 0.326. The lowest BCUT2D eigenvalue weighted by Crippen LogP contribution is -2.18. The van der Waals surface area contributed by atoms with Gasteiger partial charge in [0.25, 0.3) is 0 Å². The molecular formula is C46H51Br5ClN3O16S. The van der Waals surface area contributed by atoms with Crippen molar-refractivity contribution in [1.82, 2.24) is 0 Å². The van der Waals surface area contributed by atoms with Crippen LogP contribution in [0.5, 0.6) is 46.0 Å². The van der Waals surface area contributed by atoms with Crippen LogP contribution in [-0.4, -0.2) is 113 Å². The van der Waals surface area contributed by atoms with E-state index in [1.807, 2.05) is 19.9 Å². The van der Waals surface area contributed by atoms with E-state index in [1.165, 1.54) is 34.5 Å². The van der Waals surface area contributed by atoms with Gasteiger partial charge >= 0.3 is 23.9 Å². The van der Waals surface area contributed by atoms with Gasteiger partial charge in [0.2, 0.25) is 0 Å². The molecule has 0 aliphatic carbocycles. The molecule has 0 unspecified atom stereocenters. The molecule has 394 valence electrons. The maximum atomic E-state index is 11.0. The van der Waals surface area contributed by atoms with E-state index >= 15 is 0 Å². The maximum absolute atomic E-state index is 11.0. The molecule has 26 heteroatoms. The number of ether oxygens (including phenoxy) is 10. The predicted octanol–water partition coefficient (Wildman–Crippen LogP) is 9.89. The second kappa shape index (κ2) is 40.2. The first-order valence-electron chi connectivity index (χ1n) is 19.8. The van der Waals surface area contributed by atoms with Gasteiger partial charge in [0, 0.05) is 28.3 Å². The van der Waals surface area contributed by atoms with Crippen LogP contribution in [-0.2, 0) is 38.1 Å². The molecule has 0 heterocycles. The molecule has 0 atom stereocenters. The number of carbonyl (C=O) groups is 4. The van der Waals surface area contributed by atoms with Crippen LogP contribution in [0.1, 0.15) is 22.3 Å². The number of esters is 4. The number of nitrogens with two attached hydrogens (primary N) is 1. The highest BCUT2D eigenvalue weighted by Crippen LogP contribution is 2.34. The van der Waals surface area contributed by atoms with Gasteiger partial charge in [-0.15, -0.1) is 11.6 Å². The Labute approximate surface area is 468 Å². The Morgan fingerprint density at radius 3 is 1.22 bits per heavy atom. The third-order valence-electron chi connectivity index (χ3n) is 7.88. The maximum Gasteiger partial charge on any atom is 0.343 e. The number of aromatic hydroxyl groups is 2. The van der Waals surface area contributed by atoms with E-state index in [0.717, 1.165) is 22.3 Å². The summed E-state index contributed by atoms with van der Waals surface area (Å²) in [4.78, 5) is 43.9. The Bertz CT molecular complexity index is 2460. The fourth-order valence-electron chi connectivity index (χ4n) is 4.45. The third-order valence-corrected chi connectivity index (χ3v) is 9.99. The number of alkyl halides is 1. The number of phenols is 2. The minimum Gasteiger partial charge on any atom is -0.508 e. The zero-order valence-electron chi connectivity index (χ0n) is 39.9. The minimum atomic E-state index is -0.449. The number of carbonyl (C=O) groups excluding carboxylic acids is 4. The summed E-state index contributed by atoms with van der Waals surface area (Å²) in [5, 5.41) is 34.4. The fourth-order valence-corrected chi connectivity index (χ4v) is 5.70. The van der Waals surface area contributed by atoms with Crippen LogP contribution in [0.4, 0.5) is 0 Å². The number of halogens is 6. The molecule has 0 saturated heterocycles. The van der Waals surface area contributed by atoms with Gasteiger partial charge in [-0.3, -0.25) is 0 Å². The molecule has 0 amide bonds. The van der Waals surface area contributed by atoms with Crippen molar-refractivity contribution in [1.29, 1.82) is 10.5 Å². The standard InChI is InChI=1S/C12H14BrNO4S.C12H12BrNO4.C10H11BrO4.C10H12O4.C2H2ClN.Br2/c1-7-3-10(17-5-11(14)19)8(13)4-9(7)18-6-12(15)16-2;1-8-5-11(17-4-3-14)9(13)6-10(8)18-7-12(15)16-2;1-6-3-8(12)7(11)4-9(6)15-5-10(13)14-2;1-7-5-8(11)3-4-9(7)14-6-10(12)13-2;3-1-2-4;1-2/h3-4H,5-6H2,1-2H3,(H2,14,19);5-6H,4,7H2,1-2H3;3-4,12H,5H2,1-2H3;3-5,11H,6H2,1-2H3;1H2;. The Hall–Kier alpha value is -5.28. The van der Waals surface area contributed by atoms with E-state index in [2.05, 4.69) is 95.0 Å². The zero-order chi connectivity index (χ0) is 55.3. The largest absolute Gasteiger partial charge is 0.508 e. The van der Waals surface area contributed by atoms with Crippen molar-refractivity contribution in [3.63, 3.8) is 0 Å². The molecule has 0 fully saturated rings. The van der Waals surface area contributed by atoms with Crippen LogP contribution in [0, 0.1) is 50.4 Å². The van der Waals surface area contributed by atoms with Crippen molar-refractivity contribution in [2.45, 2.75) is 27.7 Å². The highest BCUT2D eigenvalue weighted by molar-refractivity contribution is 9.93. The Kier molecular flexibility index (Phi) is 38.4. The van der Waals surface area contributed by atoms with Crippen molar-refractivity contribution in [3.05, 3.63) is 90.3 Å². The lowest BCUT2D eigenvalue weighted by Gasteiger charge is -2.12. The molecule has 4 rings (SSSR count). The normalized spacial score (nSPS) is 9.22. The average molecular weight is 1370 g/mol. The van der Waals surface area contributed by atoms with Crippen LogP contribution in [0.25, 0.3) is 0 Å². The molecule has 4 N–H and O–H groups in total. The highest BCUT2D eigenvalue weighted by atomic mass is 80.9.